The van der Waals surface area contributed by atoms with Crippen LogP contribution in [0.3, 0.4) is 0 Å². The quantitative estimate of drug-likeness (QED) is 0.530. The van der Waals surface area contributed by atoms with Gasteiger partial charge in [-0.1, -0.05) is 6.92 Å². The van der Waals surface area contributed by atoms with Gasteiger partial charge >= 0.3 is 0 Å². The van der Waals surface area contributed by atoms with E-state index in [1.165, 1.54) is 6.92 Å². The largest absolute Gasteiger partial charge is 0.206 e. The normalized spacial score (nSPS) is 11.4. The molecule has 19 heavy (non-hydrogen) atoms. The molecule has 0 amide bonds. The fourth-order valence-electron chi connectivity index (χ4n) is 1.99. The van der Waals surface area contributed by atoms with E-state index >= 15 is 0 Å². The van der Waals surface area contributed by atoms with Gasteiger partial charge in [0.05, 0.1) is 10.8 Å². The summed E-state index contributed by atoms with van der Waals surface area (Å²) in [6.45, 7) is 2.17. The van der Waals surface area contributed by atoms with Crippen LogP contribution in [0.25, 0.3) is 10.8 Å². The van der Waals surface area contributed by atoms with Gasteiger partial charge in [-0.2, -0.15) is 0 Å². The Bertz CT molecular complexity index is 690. The zero-order valence-electron chi connectivity index (χ0n) is 9.97. The first-order valence-corrected chi connectivity index (χ1v) is 5.44. The molecule has 0 aliphatic heterocycles. The van der Waals surface area contributed by atoms with Gasteiger partial charge in [0, 0.05) is 11.1 Å². The van der Waals surface area contributed by atoms with E-state index in [9.17, 15) is 26.3 Å². The predicted octanol–water partition coefficient (Wildman–Crippen LogP) is 4.55. The molecule has 102 valence electrons. The van der Waals surface area contributed by atoms with Crippen LogP contribution in [0.2, 0.25) is 0 Å². The highest BCUT2D eigenvalue weighted by Gasteiger charge is 2.27. The average Bonchev–Trinajstić information content (AvgIpc) is 2.38. The molecule has 0 aliphatic rings. The first-order chi connectivity index (χ1) is 8.82. The molecule has 0 unspecified atom stereocenters. The van der Waals surface area contributed by atoms with Crippen molar-refractivity contribution in [2.24, 2.45) is 0 Å². The minimum Gasteiger partial charge on any atom is -0.206 e. The summed E-state index contributed by atoms with van der Waals surface area (Å²) >= 11 is 0. The maximum Gasteiger partial charge on any atom is 0.170 e. The number of fused-ring (bicyclic) bond motifs is 1. The number of hydrogen-bond acceptors (Lipinski definition) is 0. The molecule has 0 fully saturated rings. The second-order valence-electron chi connectivity index (χ2n) is 4.09. The summed E-state index contributed by atoms with van der Waals surface area (Å²) in [4.78, 5) is 0. The van der Waals surface area contributed by atoms with Crippen LogP contribution in [0.15, 0.2) is 0 Å². The lowest BCUT2D eigenvalue weighted by Crippen LogP contribution is -2.06. The fourth-order valence-corrected chi connectivity index (χ4v) is 1.99. The van der Waals surface area contributed by atoms with Gasteiger partial charge in [0.2, 0.25) is 0 Å². The third kappa shape index (κ3) is 1.69. The van der Waals surface area contributed by atoms with Crippen LogP contribution in [0.1, 0.15) is 18.1 Å². The summed E-state index contributed by atoms with van der Waals surface area (Å²) in [5.41, 5.74) is -1.57. The lowest BCUT2D eigenvalue weighted by Gasteiger charge is -2.12. The Balaban J connectivity index is 3.18. The highest BCUT2D eigenvalue weighted by Crippen LogP contribution is 2.34. The Kier molecular flexibility index (Phi) is 3.20. The molecule has 2 aromatic carbocycles. The second-order valence-corrected chi connectivity index (χ2v) is 4.09. The Labute approximate surface area is 104 Å². The summed E-state index contributed by atoms with van der Waals surface area (Å²) < 4.78 is 81.9. The van der Waals surface area contributed by atoms with Gasteiger partial charge < -0.3 is 0 Å². The van der Waals surface area contributed by atoms with Crippen LogP contribution in [-0.4, -0.2) is 0 Å². The van der Waals surface area contributed by atoms with E-state index in [1.54, 1.807) is 0 Å². The lowest BCUT2D eigenvalue weighted by molar-refractivity contribution is 0.469. The van der Waals surface area contributed by atoms with Crippen molar-refractivity contribution in [3.05, 3.63) is 46.0 Å². The van der Waals surface area contributed by atoms with Gasteiger partial charge in [-0.15, -0.1) is 0 Å². The first kappa shape index (κ1) is 13.7. The Morgan fingerprint density at radius 3 is 1.63 bits per heavy atom. The van der Waals surface area contributed by atoms with E-state index < -0.39 is 56.8 Å². The zero-order valence-corrected chi connectivity index (χ0v) is 9.97. The molecule has 2 aromatic rings. The molecule has 0 saturated heterocycles. The Hall–Kier alpha value is -1.72. The van der Waals surface area contributed by atoms with E-state index in [4.69, 9.17) is 0 Å². The topological polar surface area (TPSA) is 0 Å². The van der Waals surface area contributed by atoms with E-state index in [-0.39, 0.29) is 6.42 Å². The van der Waals surface area contributed by atoms with Crippen molar-refractivity contribution in [3.63, 3.8) is 0 Å². The maximum absolute atomic E-state index is 13.9. The average molecular weight is 278 g/mol. The standard InChI is InChI=1S/C13H8F6/c1-3-5-10(16)7-6(13(19)11(5)17)8(14)4(2)9(15)12(7)18/h3H2,1-2H3. The molecule has 0 aliphatic carbocycles. The molecule has 0 atom stereocenters. The van der Waals surface area contributed by atoms with Crippen molar-refractivity contribution in [2.75, 3.05) is 0 Å². The smallest absolute Gasteiger partial charge is 0.170 e. The summed E-state index contributed by atoms with van der Waals surface area (Å²) in [5.74, 6) is -9.62. The van der Waals surface area contributed by atoms with E-state index in [2.05, 4.69) is 0 Å². The third-order valence-corrected chi connectivity index (χ3v) is 3.06. The van der Waals surface area contributed by atoms with Gasteiger partial charge in [-0.3, -0.25) is 0 Å². The molecular weight excluding hydrogens is 270 g/mol. The number of benzene rings is 2. The highest BCUT2D eigenvalue weighted by atomic mass is 19.2. The van der Waals surface area contributed by atoms with Crippen molar-refractivity contribution in [1.82, 2.24) is 0 Å². The Morgan fingerprint density at radius 2 is 1.11 bits per heavy atom. The monoisotopic (exact) mass is 278 g/mol. The van der Waals surface area contributed by atoms with Crippen LogP contribution in [0, 0.1) is 41.8 Å². The molecule has 0 bridgehead atoms. The molecule has 0 spiro atoms. The summed E-state index contributed by atoms with van der Waals surface area (Å²) in [6.07, 6.45) is -0.277. The Morgan fingerprint density at radius 1 is 0.632 bits per heavy atom. The highest BCUT2D eigenvalue weighted by molar-refractivity contribution is 5.87. The van der Waals surface area contributed by atoms with E-state index in [0.29, 0.717) is 0 Å². The molecule has 0 N–H and O–H groups in total. The summed E-state index contributed by atoms with van der Waals surface area (Å²) in [6, 6.07) is 0. The zero-order chi connectivity index (χ0) is 14.5. The van der Waals surface area contributed by atoms with Crippen molar-refractivity contribution in [2.45, 2.75) is 20.3 Å². The summed E-state index contributed by atoms with van der Waals surface area (Å²) in [5, 5.41) is -2.40. The van der Waals surface area contributed by atoms with Gasteiger partial charge in [0.15, 0.2) is 23.3 Å². The van der Waals surface area contributed by atoms with E-state index in [0.717, 1.165) is 6.92 Å². The molecule has 0 aromatic heterocycles. The van der Waals surface area contributed by atoms with Gasteiger partial charge in [-0.25, -0.2) is 26.3 Å². The molecule has 6 heteroatoms. The molecule has 0 radical (unpaired) electrons. The van der Waals surface area contributed by atoms with Gasteiger partial charge in [0.1, 0.15) is 11.6 Å². The van der Waals surface area contributed by atoms with Crippen molar-refractivity contribution in [3.8, 4) is 0 Å². The summed E-state index contributed by atoms with van der Waals surface area (Å²) in [7, 11) is 0. The minimum atomic E-state index is -1.72. The van der Waals surface area contributed by atoms with Crippen LogP contribution >= 0.6 is 0 Å². The third-order valence-electron chi connectivity index (χ3n) is 3.06. The SMILES string of the molecule is CCc1c(F)c(F)c2c(F)c(C)c(F)c(F)c2c1F. The van der Waals surface area contributed by atoms with Crippen molar-refractivity contribution in [1.29, 1.82) is 0 Å². The number of halogens is 6. The van der Waals surface area contributed by atoms with Crippen LogP contribution in [0.5, 0.6) is 0 Å². The molecule has 0 heterocycles. The molecular formula is C13H8F6. The minimum absolute atomic E-state index is 0.277. The van der Waals surface area contributed by atoms with E-state index in [1.807, 2.05) is 0 Å². The molecule has 0 saturated carbocycles. The second kappa shape index (κ2) is 4.43. The van der Waals surface area contributed by atoms with Crippen molar-refractivity contribution >= 4 is 10.8 Å². The molecule has 0 nitrogen and oxygen atoms in total. The van der Waals surface area contributed by atoms with Gasteiger partial charge in [0.25, 0.3) is 0 Å². The van der Waals surface area contributed by atoms with Crippen LogP contribution in [0.4, 0.5) is 26.3 Å². The molecule has 2 rings (SSSR count). The maximum atomic E-state index is 13.9. The number of hydrogen-bond donors (Lipinski definition) is 0. The lowest BCUT2D eigenvalue weighted by atomic mass is 9.99. The first-order valence-electron chi connectivity index (χ1n) is 5.44. The number of rotatable bonds is 1. The van der Waals surface area contributed by atoms with Gasteiger partial charge in [-0.05, 0) is 13.3 Å². The predicted molar refractivity (Wildman–Crippen MR) is 57.8 cm³/mol. The van der Waals surface area contributed by atoms with Crippen molar-refractivity contribution < 1.29 is 26.3 Å². The van der Waals surface area contributed by atoms with Crippen LogP contribution < -0.4 is 0 Å². The van der Waals surface area contributed by atoms with Crippen LogP contribution in [-0.2, 0) is 6.42 Å². The fraction of sp³-hybridized carbons (Fsp3) is 0.231.